The van der Waals surface area contributed by atoms with E-state index >= 15 is 0 Å². The number of nitrogens with one attached hydrogen (secondary N) is 3. The van der Waals surface area contributed by atoms with E-state index in [-0.39, 0.29) is 0 Å². The fraction of sp³-hybridized carbons (Fsp3) is 0.625. The van der Waals surface area contributed by atoms with E-state index in [1.165, 1.54) is 6.92 Å². The van der Waals surface area contributed by atoms with E-state index in [4.69, 9.17) is 21.1 Å². The molecule has 0 aromatic heterocycles. The summed E-state index contributed by atoms with van der Waals surface area (Å²) < 4.78 is 0. The van der Waals surface area contributed by atoms with E-state index in [1.54, 1.807) is 13.8 Å². The normalized spacial score (nSPS) is 14.8. The van der Waals surface area contributed by atoms with Gasteiger partial charge in [-0.1, -0.05) is 13.8 Å². The summed E-state index contributed by atoms with van der Waals surface area (Å²) in [5.74, 6) is -7.44. The van der Waals surface area contributed by atoms with Crippen LogP contribution in [-0.4, -0.2) is 75.1 Å². The third-order valence-electron chi connectivity index (χ3n) is 3.73. The molecule has 0 rings (SSSR count). The van der Waals surface area contributed by atoms with E-state index in [1.807, 2.05) is 5.32 Å². The minimum absolute atomic E-state index is 0.436. The van der Waals surface area contributed by atoms with Gasteiger partial charge in [-0.2, -0.15) is 0 Å². The van der Waals surface area contributed by atoms with Gasteiger partial charge in [-0.15, -0.1) is 0 Å². The summed E-state index contributed by atoms with van der Waals surface area (Å²) in [5.41, 5.74) is 5.37. The van der Waals surface area contributed by atoms with Gasteiger partial charge in [0, 0.05) is 0 Å². The fourth-order valence-corrected chi connectivity index (χ4v) is 2.11. The molecule has 0 fully saturated rings. The Balaban J connectivity index is 5.10. The summed E-state index contributed by atoms with van der Waals surface area (Å²) in [6, 6.07) is -5.59. The molecule has 0 aliphatic heterocycles. The van der Waals surface area contributed by atoms with Crippen LogP contribution >= 0.6 is 0 Å². The maximum absolute atomic E-state index is 12.3. The van der Waals surface area contributed by atoms with E-state index in [9.17, 15) is 28.8 Å². The summed E-state index contributed by atoms with van der Waals surface area (Å²) in [7, 11) is 0. The lowest BCUT2D eigenvalue weighted by molar-refractivity contribution is -0.144. The highest BCUT2D eigenvalue weighted by atomic mass is 16.4. The van der Waals surface area contributed by atoms with Gasteiger partial charge in [0.15, 0.2) is 0 Å². The van der Waals surface area contributed by atoms with Crippen LogP contribution in [-0.2, 0) is 28.8 Å². The summed E-state index contributed by atoms with van der Waals surface area (Å²) in [6.45, 7) is 4.38. The Morgan fingerprint density at radius 2 is 1.28 bits per heavy atom. The molecule has 4 unspecified atom stereocenters. The first-order chi connectivity index (χ1) is 13.3. The number of carboxylic acids is 3. The molecule has 13 heteroatoms. The van der Waals surface area contributed by atoms with Crippen molar-refractivity contribution >= 4 is 35.6 Å². The Hall–Kier alpha value is -3.22. The maximum atomic E-state index is 12.3. The molecule has 0 aliphatic rings. The fourth-order valence-electron chi connectivity index (χ4n) is 2.11. The van der Waals surface area contributed by atoms with Crippen molar-refractivity contribution in [3.8, 4) is 0 Å². The molecule has 4 atom stereocenters. The monoisotopic (exact) mass is 418 g/mol. The molecule has 0 aromatic rings. The number of hydrogen-bond donors (Lipinski definition) is 7. The molecule has 13 nitrogen and oxygen atoms in total. The van der Waals surface area contributed by atoms with Gasteiger partial charge in [-0.3, -0.25) is 24.0 Å². The zero-order valence-electron chi connectivity index (χ0n) is 16.2. The Morgan fingerprint density at radius 1 is 0.759 bits per heavy atom. The highest BCUT2D eigenvalue weighted by Gasteiger charge is 2.30. The minimum Gasteiger partial charge on any atom is -0.481 e. The van der Waals surface area contributed by atoms with E-state index in [2.05, 4.69) is 10.6 Å². The number of aliphatic carboxylic acids is 3. The van der Waals surface area contributed by atoms with Gasteiger partial charge in [-0.05, 0) is 12.8 Å². The predicted octanol–water partition coefficient (Wildman–Crippen LogP) is -2.52. The smallest absolute Gasteiger partial charge is 0.326 e. The lowest BCUT2D eigenvalue weighted by Gasteiger charge is -2.23. The molecule has 8 N–H and O–H groups in total. The second-order valence-corrected chi connectivity index (χ2v) is 6.66. The van der Waals surface area contributed by atoms with Crippen molar-refractivity contribution in [1.29, 1.82) is 0 Å². The lowest BCUT2D eigenvalue weighted by atomic mass is 10.0. The first-order valence-corrected chi connectivity index (χ1v) is 8.59. The first kappa shape index (κ1) is 25.8. The van der Waals surface area contributed by atoms with E-state index in [0.29, 0.717) is 0 Å². The van der Waals surface area contributed by atoms with Crippen LogP contribution in [0.1, 0.15) is 33.6 Å². The minimum atomic E-state index is -1.63. The lowest BCUT2D eigenvalue weighted by Crippen LogP contribution is -2.57. The molecule has 0 heterocycles. The van der Waals surface area contributed by atoms with Gasteiger partial charge in [0.1, 0.15) is 18.1 Å². The Bertz CT molecular complexity index is 665. The van der Waals surface area contributed by atoms with Gasteiger partial charge < -0.3 is 37.0 Å². The van der Waals surface area contributed by atoms with Crippen molar-refractivity contribution in [3.05, 3.63) is 0 Å². The predicted molar refractivity (Wildman–Crippen MR) is 96.4 cm³/mol. The maximum Gasteiger partial charge on any atom is 0.326 e. The number of amides is 3. The molecular formula is C16H26N4O9. The van der Waals surface area contributed by atoms with E-state index in [0.717, 1.165) is 0 Å². The number of nitrogens with two attached hydrogens (primary N) is 1. The van der Waals surface area contributed by atoms with Crippen molar-refractivity contribution in [3.63, 3.8) is 0 Å². The zero-order valence-corrected chi connectivity index (χ0v) is 16.2. The molecule has 0 saturated heterocycles. The Morgan fingerprint density at radius 3 is 1.69 bits per heavy atom. The molecular weight excluding hydrogens is 392 g/mol. The van der Waals surface area contributed by atoms with Gasteiger partial charge in [-0.25, -0.2) is 4.79 Å². The topological polar surface area (TPSA) is 225 Å². The van der Waals surface area contributed by atoms with Crippen molar-refractivity contribution in [1.82, 2.24) is 16.0 Å². The summed E-state index contributed by atoms with van der Waals surface area (Å²) in [6.07, 6.45) is -1.59. The molecule has 0 saturated carbocycles. The first-order valence-electron chi connectivity index (χ1n) is 8.59. The van der Waals surface area contributed by atoms with Crippen LogP contribution in [0.4, 0.5) is 0 Å². The Kier molecular flexibility index (Phi) is 10.3. The van der Waals surface area contributed by atoms with Gasteiger partial charge in [0.05, 0.1) is 18.9 Å². The average molecular weight is 418 g/mol. The molecule has 0 bridgehead atoms. The molecule has 29 heavy (non-hydrogen) atoms. The largest absolute Gasteiger partial charge is 0.481 e. The van der Waals surface area contributed by atoms with Crippen LogP contribution < -0.4 is 21.7 Å². The summed E-state index contributed by atoms with van der Waals surface area (Å²) in [4.78, 5) is 69.0. The second-order valence-electron chi connectivity index (χ2n) is 6.66. The molecule has 0 radical (unpaired) electrons. The van der Waals surface area contributed by atoms with Gasteiger partial charge in [0.2, 0.25) is 17.7 Å². The van der Waals surface area contributed by atoms with Crippen molar-refractivity contribution in [2.45, 2.75) is 57.8 Å². The highest BCUT2D eigenvalue weighted by molar-refractivity contribution is 5.96. The summed E-state index contributed by atoms with van der Waals surface area (Å²) in [5, 5.41) is 33.1. The van der Waals surface area contributed by atoms with Crippen molar-refractivity contribution in [2.75, 3.05) is 0 Å². The molecule has 164 valence electrons. The van der Waals surface area contributed by atoms with Crippen LogP contribution in [0.25, 0.3) is 0 Å². The third-order valence-corrected chi connectivity index (χ3v) is 3.73. The standard InChI is InChI=1S/C16H26N4O9/c1-6(2)12(16(28)29)20-13(25)7(3)18-15(27)9(5-11(23)24)19-14(26)8(17)4-10(21)22/h6-9,12H,4-5,17H2,1-3H3,(H,18,27)(H,19,26)(H,20,25)(H,21,22)(H,23,24)(H,28,29). The molecule has 0 aliphatic carbocycles. The number of rotatable bonds is 12. The van der Waals surface area contributed by atoms with Gasteiger partial charge in [0.25, 0.3) is 0 Å². The SMILES string of the molecule is CC(NC(=O)C(CC(=O)O)NC(=O)C(N)CC(=O)O)C(=O)NC(C(=O)O)C(C)C. The molecule has 0 spiro atoms. The number of hydrogen-bond acceptors (Lipinski definition) is 7. The Labute approximate surface area is 166 Å². The average Bonchev–Trinajstić information content (AvgIpc) is 2.56. The van der Waals surface area contributed by atoms with Crippen molar-refractivity contribution < 1.29 is 44.1 Å². The summed E-state index contributed by atoms with van der Waals surface area (Å²) >= 11 is 0. The van der Waals surface area contributed by atoms with Crippen LogP contribution in [0.3, 0.4) is 0 Å². The van der Waals surface area contributed by atoms with Gasteiger partial charge >= 0.3 is 17.9 Å². The number of carbonyl (C=O) groups excluding carboxylic acids is 3. The van der Waals surface area contributed by atoms with Crippen LogP contribution in [0.15, 0.2) is 0 Å². The van der Waals surface area contributed by atoms with Crippen molar-refractivity contribution in [2.24, 2.45) is 11.7 Å². The molecule has 0 aromatic carbocycles. The number of carbonyl (C=O) groups is 6. The zero-order chi connectivity index (χ0) is 22.9. The quantitative estimate of drug-likeness (QED) is 0.176. The van der Waals surface area contributed by atoms with E-state index < -0.39 is 78.6 Å². The van der Waals surface area contributed by atoms with Crippen LogP contribution in [0.2, 0.25) is 0 Å². The molecule has 3 amide bonds. The number of carboxylic acid groups (broad SMARTS) is 3. The van der Waals surface area contributed by atoms with Crippen LogP contribution in [0.5, 0.6) is 0 Å². The van der Waals surface area contributed by atoms with Crippen LogP contribution in [0, 0.1) is 5.92 Å². The highest BCUT2D eigenvalue weighted by Crippen LogP contribution is 2.03. The second kappa shape index (κ2) is 11.6. The third kappa shape index (κ3) is 9.51.